The summed E-state index contributed by atoms with van der Waals surface area (Å²) in [4.78, 5) is 12.1. The van der Waals surface area contributed by atoms with E-state index in [2.05, 4.69) is 10.4 Å². The van der Waals surface area contributed by atoms with Gasteiger partial charge in [0.05, 0.1) is 5.69 Å². The van der Waals surface area contributed by atoms with E-state index >= 15 is 0 Å². The largest absolute Gasteiger partial charge is 0.486 e. The van der Waals surface area contributed by atoms with Crippen LogP contribution in [0.4, 0.5) is 4.39 Å². The predicted octanol–water partition coefficient (Wildman–Crippen LogP) is 2.65. The van der Waals surface area contributed by atoms with Gasteiger partial charge in [-0.05, 0) is 47.2 Å². The van der Waals surface area contributed by atoms with E-state index in [-0.39, 0.29) is 12.4 Å². The van der Waals surface area contributed by atoms with Crippen LogP contribution in [-0.2, 0) is 13.7 Å². The van der Waals surface area contributed by atoms with Crippen LogP contribution in [0.25, 0.3) is 5.69 Å². The number of aryl methyl sites for hydroxylation is 2. The number of benzene rings is 2. The molecular weight excluding hydrogens is 335 g/mol. The van der Waals surface area contributed by atoms with Crippen LogP contribution in [0.2, 0.25) is 5.02 Å². The average molecular weight is 349 g/mol. The third-order valence-electron chi connectivity index (χ3n) is 3.50. The first-order valence-corrected chi connectivity index (χ1v) is 7.51. The van der Waals surface area contributed by atoms with Crippen LogP contribution in [0.15, 0.2) is 41.2 Å². The van der Waals surface area contributed by atoms with Gasteiger partial charge in [0.15, 0.2) is 11.6 Å². The Morgan fingerprint density at radius 2 is 2.04 bits per heavy atom. The zero-order chi connectivity index (χ0) is 17.3. The standard InChI is InChI=1S/C16H14ClFN4O2/c1-10-6-7-15(13(18)8-10)24-9-11-12(17)4-3-5-14(11)22-16(23)21(2)19-20-22/h3-8H,9H2,1-2H3. The summed E-state index contributed by atoms with van der Waals surface area (Å²) in [6.45, 7) is 1.78. The molecule has 0 N–H and O–H groups in total. The van der Waals surface area contributed by atoms with Gasteiger partial charge in [0, 0.05) is 17.6 Å². The highest BCUT2D eigenvalue weighted by Gasteiger charge is 2.15. The number of ether oxygens (including phenoxy) is 1. The molecule has 0 fully saturated rings. The molecule has 124 valence electrons. The molecule has 0 bridgehead atoms. The Morgan fingerprint density at radius 3 is 2.71 bits per heavy atom. The lowest BCUT2D eigenvalue weighted by Gasteiger charge is -2.12. The van der Waals surface area contributed by atoms with Gasteiger partial charge < -0.3 is 4.74 Å². The van der Waals surface area contributed by atoms with Crippen molar-refractivity contribution in [3.8, 4) is 11.4 Å². The van der Waals surface area contributed by atoms with E-state index in [1.807, 2.05) is 0 Å². The number of hydrogen-bond donors (Lipinski definition) is 0. The third kappa shape index (κ3) is 3.03. The number of hydrogen-bond acceptors (Lipinski definition) is 4. The smallest absolute Gasteiger partial charge is 0.368 e. The van der Waals surface area contributed by atoms with Crippen LogP contribution in [0, 0.1) is 12.7 Å². The van der Waals surface area contributed by atoms with Gasteiger partial charge in [-0.25, -0.2) is 9.18 Å². The highest BCUT2D eigenvalue weighted by atomic mass is 35.5. The first-order valence-electron chi connectivity index (χ1n) is 7.13. The van der Waals surface area contributed by atoms with Crippen LogP contribution in [0.3, 0.4) is 0 Å². The van der Waals surface area contributed by atoms with Gasteiger partial charge in [0.2, 0.25) is 0 Å². The van der Waals surface area contributed by atoms with Gasteiger partial charge >= 0.3 is 5.69 Å². The van der Waals surface area contributed by atoms with E-state index in [9.17, 15) is 9.18 Å². The number of aromatic nitrogens is 4. The zero-order valence-corrected chi connectivity index (χ0v) is 13.8. The maximum atomic E-state index is 13.9. The molecule has 0 radical (unpaired) electrons. The lowest BCUT2D eigenvalue weighted by atomic mass is 10.2. The summed E-state index contributed by atoms with van der Waals surface area (Å²) in [5.74, 6) is -0.349. The summed E-state index contributed by atoms with van der Waals surface area (Å²) < 4.78 is 21.7. The fourth-order valence-electron chi connectivity index (χ4n) is 2.23. The molecule has 0 aliphatic heterocycles. The Balaban J connectivity index is 1.96. The molecule has 0 aliphatic carbocycles. The molecule has 0 unspecified atom stereocenters. The molecule has 0 aliphatic rings. The van der Waals surface area contributed by atoms with Crippen molar-refractivity contribution in [2.45, 2.75) is 13.5 Å². The Hall–Kier alpha value is -2.67. The first-order chi connectivity index (χ1) is 11.5. The van der Waals surface area contributed by atoms with Gasteiger partial charge in [-0.2, -0.15) is 9.36 Å². The number of nitrogens with zero attached hydrogens (tertiary/aromatic N) is 4. The van der Waals surface area contributed by atoms with Crippen molar-refractivity contribution in [3.05, 3.63) is 68.8 Å². The topological polar surface area (TPSA) is 61.9 Å². The molecule has 0 atom stereocenters. The van der Waals surface area contributed by atoms with Crippen LogP contribution < -0.4 is 10.4 Å². The maximum Gasteiger partial charge on any atom is 0.368 e. The second-order valence-electron chi connectivity index (χ2n) is 5.26. The molecule has 24 heavy (non-hydrogen) atoms. The summed E-state index contributed by atoms with van der Waals surface area (Å²) in [5, 5.41) is 7.87. The molecule has 0 saturated heterocycles. The molecule has 0 saturated carbocycles. The van der Waals surface area contributed by atoms with E-state index in [1.165, 1.54) is 13.1 Å². The number of rotatable bonds is 4. The monoisotopic (exact) mass is 348 g/mol. The van der Waals surface area contributed by atoms with E-state index in [0.717, 1.165) is 14.9 Å². The number of tetrazole rings is 1. The maximum absolute atomic E-state index is 13.9. The molecule has 6 nitrogen and oxygen atoms in total. The van der Waals surface area contributed by atoms with Crippen molar-refractivity contribution in [3.63, 3.8) is 0 Å². The Morgan fingerprint density at radius 1 is 1.25 bits per heavy atom. The van der Waals surface area contributed by atoms with Crippen molar-refractivity contribution in [2.24, 2.45) is 7.05 Å². The fraction of sp³-hybridized carbons (Fsp3) is 0.188. The minimum atomic E-state index is -0.458. The van der Waals surface area contributed by atoms with E-state index in [4.69, 9.17) is 16.3 Å². The summed E-state index contributed by atoms with van der Waals surface area (Å²) in [7, 11) is 1.49. The van der Waals surface area contributed by atoms with Crippen LogP contribution in [-0.4, -0.2) is 19.8 Å². The summed E-state index contributed by atoms with van der Waals surface area (Å²) in [5.41, 5.74) is 1.33. The molecule has 3 rings (SSSR count). The molecule has 8 heteroatoms. The second kappa shape index (κ2) is 6.45. The van der Waals surface area contributed by atoms with E-state index < -0.39 is 11.5 Å². The summed E-state index contributed by atoms with van der Waals surface area (Å²) in [6.07, 6.45) is 0. The van der Waals surface area contributed by atoms with E-state index in [0.29, 0.717) is 16.3 Å². The van der Waals surface area contributed by atoms with Crippen molar-refractivity contribution in [1.82, 2.24) is 19.8 Å². The van der Waals surface area contributed by atoms with E-state index in [1.54, 1.807) is 37.3 Å². The summed E-state index contributed by atoms with van der Waals surface area (Å²) >= 11 is 6.23. The SMILES string of the molecule is Cc1ccc(OCc2c(Cl)cccc2-n2nnn(C)c2=O)c(F)c1. The average Bonchev–Trinajstić information content (AvgIpc) is 2.87. The molecule has 0 spiro atoms. The van der Waals surface area contributed by atoms with Gasteiger partial charge in [-0.15, -0.1) is 0 Å². The Kier molecular flexibility index (Phi) is 4.35. The van der Waals surface area contributed by atoms with Crippen molar-refractivity contribution in [2.75, 3.05) is 0 Å². The molecule has 0 amide bonds. The molecular formula is C16H14ClFN4O2. The van der Waals surface area contributed by atoms with Crippen LogP contribution >= 0.6 is 11.6 Å². The quantitative estimate of drug-likeness (QED) is 0.727. The molecule has 1 aromatic heterocycles. The minimum absolute atomic E-state index is 0.0159. The normalized spacial score (nSPS) is 10.8. The second-order valence-corrected chi connectivity index (χ2v) is 5.66. The molecule has 1 heterocycles. The highest BCUT2D eigenvalue weighted by molar-refractivity contribution is 6.31. The van der Waals surface area contributed by atoms with Gasteiger partial charge in [0.1, 0.15) is 6.61 Å². The van der Waals surface area contributed by atoms with Gasteiger partial charge in [-0.1, -0.05) is 23.7 Å². The molecule has 2 aromatic carbocycles. The predicted molar refractivity (Wildman–Crippen MR) is 87.1 cm³/mol. The first kappa shape index (κ1) is 16.2. The van der Waals surface area contributed by atoms with Crippen molar-refractivity contribution >= 4 is 11.6 Å². The highest BCUT2D eigenvalue weighted by Crippen LogP contribution is 2.25. The minimum Gasteiger partial charge on any atom is -0.486 e. The van der Waals surface area contributed by atoms with Gasteiger partial charge in [0.25, 0.3) is 0 Å². The van der Waals surface area contributed by atoms with Gasteiger partial charge in [-0.3, -0.25) is 0 Å². The lowest BCUT2D eigenvalue weighted by Crippen LogP contribution is -2.23. The lowest BCUT2D eigenvalue weighted by molar-refractivity contribution is 0.289. The van der Waals surface area contributed by atoms with Crippen LogP contribution in [0.1, 0.15) is 11.1 Å². The van der Waals surface area contributed by atoms with Crippen molar-refractivity contribution < 1.29 is 9.13 Å². The number of halogens is 2. The Labute approximate surface area is 142 Å². The molecule has 3 aromatic rings. The zero-order valence-electron chi connectivity index (χ0n) is 13.0. The Bertz CT molecular complexity index is 951. The fourth-order valence-corrected chi connectivity index (χ4v) is 2.45. The van der Waals surface area contributed by atoms with Crippen LogP contribution in [0.5, 0.6) is 5.75 Å². The summed E-state index contributed by atoms with van der Waals surface area (Å²) in [6, 6.07) is 9.71. The van der Waals surface area contributed by atoms with Crippen molar-refractivity contribution in [1.29, 1.82) is 0 Å². The third-order valence-corrected chi connectivity index (χ3v) is 3.86.